The predicted octanol–water partition coefficient (Wildman–Crippen LogP) is 2.85. The van der Waals surface area contributed by atoms with Crippen LogP contribution in [0.15, 0.2) is 64.9 Å². The smallest absolute Gasteiger partial charge is 0.236 e. The van der Waals surface area contributed by atoms with E-state index in [1.807, 2.05) is 42.5 Å². The van der Waals surface area contributed by atoms with Gasteiger partial charge >= 0.3 is 0 Å². The first-order valence-electron chi connectivity index (χ1n) is 9.29. The molecule has 1 amide bonds. The molecule has 2 aliphatic rings. The van der Waals surface area contributed by atoms with Gasteiger partial charge in [-0.2, -0.15) is 4.31 Å². The summed E-state index contributed by atoms with van der Waals surface area (Å²) in [5, 5.41) is 1.15. The van der Waals surface area contributed by atoms with E-state index in [2.05, 4.69) is 12.1 Å². The monoisotopic (exact) mass is 414 g/mol. The van der Waals surface area contributed by atoms with Crippen LogP contribution in [0.4, 0.5) is 0 Å². The molecule has 0 aromatic heterocycles. The highest BCUT2D eigenvalue weighted by Gasteiger charge is 2.34. The van der Waals surface area contributed by atoms with Gasteiger partial charge in [0.05, 0.1) is 5.25 Å². The zero-order valence-electron chi connectivity index (χ0n) is 15.4. The Bertz CT molecular complexity index is 957. The third-order valence-corrected chi connectivity index (χ3v) is 7.93. The van der Waals surface area contributed by atoms with Crippen LogP contribution in [0.2, 0.25) is 0 Å². The predicted molar refractivity (Wildman–Crippen MR) is 112 cm³/mol. The van der Waals surface area contributed by atoms with Crippen LogP contribution in [0.25, 0.3) is 6.08 Å². The number of rotatable bonds is 4. The minimum Gasteiger partial charge on any atom is -0.339 e. The van der Waals surface area contributed by atoms with E-state index in [0.717, 1.165) is 12.0 Å². The molecule has 0 spiro atoms. The van der Waals surface area contributed by atoms with E-state index < -0.39 is 10.0 Å². The van der Waals surface area contributed by atoms with Crippen molar-refractivity contribution in [2.45, 2.75) is 16.6 Å². The molecule has 5 nitrogen and oxygen atoms in total. The Morgan fingerprint density at radius 1 is 0.964 bits per heavy atom. The molecule has 1 unspecified atom stereocenters. The van der Waals surface area contributed by atoms with E-state index >= 15 is 0 Å². The average Bonchev–Trinajstić information content (AvgIpc) is 3.17. The van der Waals surface area contributed by atoms with Crippen LogP contribution in [-0.2, 0) is 21.2 Å². The van der Waals surface area contributed by atoms with Crippen LogP contribution in [0.1, 0.15) is 11.1 Å². The number of hydrogen-bond donors (Lipinski definition) is 0. The summed E-state index contributed by atoms with van der Waals surface area (Å²) in [6, 6.07) is 17.5. The fraction of sp³-hybridized carbons (Fsp3) is 0.286. The molecule has 0 aliphatic carbocycles. The van der Waals surface area contributed by atoms with Gasteiger partial charge < -0.3 is 4.90 Å². The summed E-state index contributed by atoms with van der Waals surface area (Å²) >= 11 is 1.62. The molecule has 2 aliphatic heterocycles. The van der Waals surface area contributed by atoms with Gasteiger partial charge in [0, 0.05) is 36.5 Å². The lowest BCUT2D eigenvalue weighted by molar-refractivity contribution is -0.131. The molecular weight excluding hydrogens is 392 g/mol. The van der Waals surface area contributed by atoms with Crippen molar-refractivity contribution in [2.75, 3.05) is 26.2 Å². The Morgan fingerprint density at radius 3 is 2.36 bits per heavy atom. The van der Waals surface area contributed by atoms with Crippen molar-refractivity contribution in [3.8, 4) is 0 Å². The fourth-order valence-corrected chi connectivity index (χ4v) is 5.95. The molecule has 2 aromatic carbocycles. The topological polar surface area (TPSA) is 57.7 Å². The van der Waals surface area contributed by atoms with Gasteiger partial charge in [0.15, 0.2) is 0 Å². The SMILES string of the molecule is O=C(C1Cc2ccccc2S1)N1CCN(S(=O)(=O)/C=C/c2ccccc2)CC1. The lowest BCUT2D eigenvalue weighted by Crippen LogP contribution is -2.52. The lowest BCUT2D eigenvalue weighted by atomic mass is 10.1. The van der Waals surface area contributed by atoms with Crippen LogP contribution in [-0.4, -0.2) is 55.0 Å². The molecule has 2 heterocycles. The number of hydrogen-bond acceptors (Lipinski definition) is 4. The lowest BCUT2D eigenvalue weighted by Gasteiger charge is -2.34. The summed E-state index contributed by atoms with van der Waals surface area (Å²) in [5.74, 6) is 0.109. The highest BCUT2D eigenvalue weighted by molar-refractivity contribution is 8.01. The van der Waals surface area contributed by atoms with Crippen LogP contribution >= 0.6 is 11.8 Å². The average molecular weight is 415 g/mol. The van der Waals surface area contributed by atoms with E-state index in [-0.39, 0.29) is 11.2 Å². The van der Waals surface area contributed by atoms with Gasteiger partial charge in [-0.25, -0.2) is 8.42 Å². The van der Waals surface area contributed by atoms with E-state index in [1.54, 1.807) is 22.7 Å². The third-order valence-electron chi connectivity index (χ3n) is 5.06. The second-order valence-electron chi connectivity index (χ2n) is 6.90. The van der Waals surface area contributed by atoms with Crippen molar-refractivity contribution in [3.05, 3.63) is 71.1 Å². The van der Waals surface area contributed by atoms with Crippen molar-refractivity contribution >= 4 is 33.8 Å². The molecule has 1 fully saturated rings. The summed E-state index contributed by atoms with van der Waals surface area (Å²) < 4.78 is 26.6. The Balaban J connectivity index is 1.34. The van der Waals surface area contributed by atoms with Gasteiger partial charge in [-0.1, -0.05) is 48.5 Å². The second kappa shape index (κ2) is 8.11. The quantitative estimate of drug-likeness (QED) is 0.772. The number of piperazine rings is 1. The largest absolute Gasteiger partial charge is 0.339 e. The number of carbonyl (C=O) groups excluding carboxylic acids is 1. The minimum absolute atomic E-state index is 0.0986. The molecule has 0 radical (unpaired) electrons. The summed E-state index contributed by atoms with van der Waals surface area (Å²) in [6.07, 6.45) is 2.36. The molecule has 1 saturated heterocycles. The minimum atomic E-state index is -3.48. The normalized spacial score (nSPS) is 20.4. The molecule has 0 N–H and O–H groups in total. The van der Waals surface area contributed by atoms with Crippen LogP contribution in [0.5, 0.6) is 0 Å². The Kier molecular flexibility index (Phi) is 5.57. The molecule has 28 heavy (non-hydrogen) atoms. The molecule has 2 aromatic rings. The van der Waals surface area contributed by atoms with Crippen LogP contribution < -0.4 is 0 Å². The molecular formula is C21H22N2O3S2. The van der Waals surface area contributed by atoms with Crippen molar-refractivity contribution in [3.63, 3.8) is 0 Å². The molecule has 146 valence electrons. The maximum absolute atomic E-state index is 12.9. The first kappa shape index (κ1) is 19.2. The van der Waals surface area contributed by atoms with Crippen molar-refractivity contribution in [2.24, 2.45) is 0 Å². The van der Waals surface area contributed by atoms with Crippen molar-refractivity contribution < 1.29 is 13.2 Å². The van der Waals surface area contributed by atoms with Gasteiger partial charge in [0.25, 0.3) is 0 Å². The van der Waals surface area contributed by atoms with Gasteiger partial charge in [-0.3, -0.25) is 4.79 Å². The zero-order valence-corrected chi connectivity index (χ0v) is 17.0. The summed E-state index contributed by atoms with van der Waals surface area (Å²) in [4.78, 5) is 15.8. The van der Waals surface area contributed by atoms with Gasteiger partial charge in [-0.15, -0.1) is 11.8 Å². The Hall–Kier alpha value is -2.09. The molecule has 7 heteroatoms. The molecule has 0 bridgehead atoms. The number of thioether (sulfide) groups is 1. The summed E-state index contributed by atoms with van der Waals surface area (Å²) in [7, 11) is -3.48. The molecule has 0 saturated carbocycles. The number of fused-ring (bicyclic) bond motifs is 1. The fourth-order valence-electron chi connectivity index (χ4n) is 3.50. The van der Waals surface area contributed by atoms with Gasteiger partial charge in [-0.05, 0) is 29.7 Å². The van der Waals surface area contributed by atoms with Crippen molar-refractivity contribution in [1.82, 2.24) is 9.21 Å². The zero-order chi connectivity index (χ0) is 19.6. The van der Waals surface area contributed by atoms with E-state index in [4.69, 9.17) is 0 Å². The number of carbonyl (C=O) groups is 1. The second-order valence-corrected chi connectivity index (χ2v) is 9.96. The first-order valence-corrected chi connectivity index (χ1v) is 11.7. The third kappa shape index (κ3) is 4.16. The highest BCUT2D eigenvalue weighted by Crippen LogP contribution is 2.37. The number of sulfonamides is 1. The number of nitrogens with zero attached hydrogens (tertiary/aromatic N) is 2. The van der Waals surface area contributed by atoms with Crippen LogP contribution in [0.3, 0.4) is 0 Å². The Morgan fingerprint density at radius 2 is 1.64 bits per heavy atom. The first-order chi connectivity index (χ1) is 13.5. The van der Waals surface area contributed by atoms with E-state index in [1.165, 1.54) is 20.2 Å². The Labute approximate surface area is 170 Å². The molecule has 4 rings (SSSR count). The summed E-state index contributed by atoms with van der Waals surface area (Å²) in [6.45, 7) is 1.53. The standard InChI is InChI=1S/C21H22N2O3S2/c24-21(20-16-18-8-4-5-9-19(18)27-20)22-11-13-23(14-12-22)28(25,26)15-10-17-6-2-1-3-7-17/h1-10,15,20H,11-14,16H2/b15-10+. The van der Waals surface area contributed by atoms with Crippen molar-refractivity contribution in [1.29, 1.82) is 0 Å². The maximum atomic E-state index is 12.9. The number of benzene rings is 2. The highest BCUT2D eigenvalue weighted by atomic mass is 32.2. The summed E-state index contributed by atoms with van der Waals surface area (Å²) in [5.41, 5.74) is 2.07. The van der Waals surface area contributed by atoms with Crippen LogP contribution in [0, 0.1) is 0 Å². The van der Waals surface area contributed by atoms with Gasteiger partial charge in [0.2, 0.25) is 15.9 Å². The van der Waals surface area contributed by atoms with Gasteiger partial charge in [0.1, 0.15) is 0 Å². The van der Waals surface area contributed by atoms with E-state index in [0.29, 0.717) is 26.2 Å². The number of amides is 1. The maximum Gasteiger partial charge on any atom is 0.236 e. The van der Waals surface area contributed by atoms with E-state index in [9.17, 15) is 13.2 Å². The molecule has 1 atom stereocenters.